The Labute approximate surface area is 106 Å². The Morgan fingerprint density at radius 1 is 1.42 bits per heavy atom. The lowest BCUT2D eigenvalue weighted by Gasteiger charge is -2.05. The first-order chi connectivity index (χ1) is 8.79. The maximum absolute atomic E-state index is 12.4. The minimum absolute atomic E-state index is 0.0693. The average molecular weight is 272 g/mol. The van der Waals surface area contributed by atoms with E-state index >= 15 is 0 Å². The van der Waals surface area contributed by atoms with E-state index in [0.29, 0.717) is 11.5 Å². The minimum atomic E-state index is -4.46. The van der Waals surface area contributed by atoms with Crippen molar-refractivity contribution in [2.45, 2.75) is 19.6 Å². The number of aromatic nitrogens is 4. The van der Waals surface area contributed by atoms with Gasteiger partial charge in [0.05, 0.1) is 12.7 Å². The van der Waals surface area contributed by atoms with Crippen LogP contribution in [0.1, 0.15) is 28.9 Å². The Morgan fingerprint density at radius 2 is 2.11 bits per heavy atom. The van der Waals surface area contributed by atoms with Crippen LogP contribution < -0.4 is 0 Å². The van der Waals surface area contributed by atoms with Gasteiger partial charge in [-0.3, -0.25) is 9.48 Å². The number of carbonyl (C=O) groups is 1. The molecular weight excluding hydrogens is 261 g/mol. The zero-order chi connectivity index (χ0) is 14.2. The van der Waals surface area contributed by atoms with Crippen LogP contribution >= 0.6 is 0 Å². The number of alkyl halides is 3. The Morgan fingerprint density at radius 3 is 2.58 bits per heavy atom. The maximum atomic E-state index is 12.4. The van der Waals surface area contributed by atoms with Crippen molar-refractivity contribution >= 4 is 5.78 Å². The molecule has 0 fully saturated rings. The van der Waals surface area contributed by atoms with Gasteiger partial charge in [-0.2, -0.15) is 18.3 Å². The first kappa shape index (κ1) is 13.3. The second-order valence-corrected chi connectivity index (χ2v) is 4.07. The molecule has 8 heteroatoms. The minimum Gasteiger partial charge on any atom is -0.327 e. The number of rotatable bonds is 3. The summed E-state index contributed by atoms with van der Waals surface area (Å²) in [5.74, 6) is 0.305. The van der Waals surface area contributed by atoms with Crippen molar-refractivity contribution in [2.75, 3.05) is 0 Å². The van der Waals surface area contributed by atoms with Gasteiger partial charge in [-0.1, -0.05) is 0 Å². The van der Waals surface area contributed by atoms with E-state index in [2.05, 4.69) is 10.1 Å². The first-order valence-corrected chi connectivity index (χ1v) is 5.41. The van der Waals surface area contributed by atoms with Gasteiger partial charge < -0.3 is 4.57 Å². The van der Waals surface area contributed by atoms with Gasteiger partial charge in [-0.25, -0.2) is 4.98 Å². The normalized spacial score (nSPS) is 11.8. The standard InChI is InChI=1S/C11H11F3N4O/c1-7(19)8-5-15-10(17(8)2)6-18-4-3-9(16-18)11(12,13)14/h3-5H,6H2,1-2H3. The summed E-state index contributed by atoms with van der Waals surface area (Å²) in [6, 6.07) is 0.898. The molecule has 0 bridgehead atoms. The van der Waals surface area contributed by atoms with Gasteiger partial charge >= 0.3 is 6.18 Å². The van der Waals surface area contributed by atoms with E-state index in [1.807, 2.05) is 0 Å². The van der Waals surface area contributed by atoms with Crippen molar-refractivity contribution in [3.8, 4) is 0 Å². The number of ketones is 1. The van der Waals surface area contributed by atoms with E-state index in [0.717, 1.165) is 10.7 Å². The van der Waals surface area contributed by atoms with Gasteiger partial charge in [0.2, 0.25) is 0 Å². The monoisotopic (exact) mass is 272 g/mol. The van der Waals surface area contributed by atoms with Crippen LogP contribution in [0.3, 0.4) is 0 Å². The van der Waals surface area contributed by atoms with E-state index < -0.39 is 11.9 Å². The van der Waals surface area contributed by atoms with E-state index in [9.17, 15) is 18.0 Å². The second kappa shape index (κ2) is 4.52. The molecule has 0 amide bonds. The molecule has 0 aliphatic carbocycles. The summed E-state index contributed by atoms with van der Waals surface area (Å²) in [7, 11) is 1.63. The van der Waals surface area contributed by atoms with E-state index in [1.54, 1.807) is 7.05 Å². The van der Waals surface area contributed by atoms with Gasteiger partial charge in [-0.15, -0.1) is 0 Å². The summed E-state index contributed by atoms with van der Waals surface area (Å²) in [5, 5.41) is 3.43. The highest BCUT2D eigenvalue weighted by molar-refractivity contribution is 5.92. The summed E-state index contributed by atoms with van der Waals surface area (Å²) >= 11 is 0. The van der Waals surface area contributed by atoms with Crippen molar-refractivity contribution in [3.63, 3.8) is 0 Å². The molecule has 2 heterocycles. The highest BCUT2D eigenvalue weighted by atomic mass is 19.4. The molecule has 0 radical (unpaired) electrons. The van der Waals surface area contributed by atoms with Crippen LogP contribution in [0.25, 0.3) is 0 Å². The average Bonchev–Trinajstić information content (AvgIpc) is 2.87. The van der Waals surface area contributed by atoms with Crippen LogP contribution in [0.4, 0.5) is 13.2 Å². The summed E-state index contributed by atoms with van der Waals surface area (Å²) in [6.45, 7) is 1.47. The number of hydrogen-bond donors (Lipinski definition) is 0. The Hall–Kier alpha value is -2.12. The molecule has 0 aromatic carbocycles. The van der Waals surface area contributed by atoms with Gasteiger partial charge in [-0.05, 0) is 6.07 Å². The van der Waals surface area contributed by atoms with Crippen molar-refractivity contribution in [1.82, 2.24) is 19.3 Å². The van der Waals surface area contributed by atoms with Crippen LogP contribution in [0.2, 0.25) is 0 Å². The fourth-order valence-corrected chi connectivity index (χ4v) is 1.67. The molecule has 0 saturated carbocycles. The summed E-state index contributed by atoms with van der Waals surface area (Å²) in [4.78, 5) is 15.2. The number of imidazole rings is 1. The predicted octanol–water partition coefficient (Wildman–Crippen LogP) is 1.89. The van der Waals surface area contributed by atoms with Crippen molar-refractivity contribution < 1.29 is 18.0 Å². The molecule has 0 saturated heterocycles. The molecule has 0 N–H and O–H groups in total. The summed E-state index contributed by atoms with van der Waals surface area (Å²) < 4.78 is 39.8. The molecule has 5 nitrogen and oxygen atoms in total. The fourth-order valence-electron chi connectivity index (χ4n) is 1.67. The van der Waals surface area contributed by atoms with Gasteiger partial charge in [0.25, 0.3) is 0 Å². The molecule has 0 unspecified atom stereocenters. The van der Waals surface area contributed by atoms with Gasteiger partial charge in [0.1, 0.15) is 11.5 Å². The van der Waals surface area contributed by atoms with Crippen LogP contribution in [0.15, 0.2) is 18.5 Å². The highest BCUT2D eigenvalue weighted by Crippen LogP contribution is 2.27. The second-order valence-electron chi connectivity index (χ2n) is 4.07. The lowest BCUT2D eigenvalue weighted by molar-refractivity contribution is -0.141. The van der Waals surface area contributed by atoms with E-state index in [4.69, 9.17) is 0 Å². The quantitative estimate of drug-likeness (QED) is 0.802. The summed E-state index contributed by atoms with van der Waals surface area (Å²) in [6.07, 6.45) is -1.84. The fraction of sp³-hybridized carbons (Fsp3) is 0.364. The van der Waals surface area contributed by atoms with Crippen LogP contribution in [0, 0.1) is 0 Å². The maximum Gasteiger partial charge on any atom is 0.435 e. The zero-order valence-electron chi connectivity index (χ0n) is 10.3. The number of Topliss-reactive ketones (excluding diaryl/α,β-unsaturated/α-hetero) is 1. The number of nitrogens with zero attached hydrogens (tertiary/aromatic N) is 4. The zero-order valence-corrected chi connectivity index (χ0v) is 10.3. The smallest absolute Gasteiger partial charge is 0.327 e. The van der Waals surface area contributed by atoms with Crippen LogP contribution in [0.5, 0.6) is 0 Å². The van der Waals surface area contributed by atoms with Crippen molar-refractivity contribution in [2.24, 2.45) is 7.05 Å². The molecule has 2 aromatic rings. The molecule has 0 aliphatic rings. The Balaban J connectivity index is 2.22. The lowest BCUT2D eigenvalue weighted by Crippen LogP contribution is -2.11. The molecule has 0 aliphatic heterocycles. The third-order valence-corrected chi connectivity index (χ3v) is 2.68. The number of hydrogen-bond acceptors (Lipinski definition) is 3. The van der Waals surface area contributed by atoms with Crippen LogP contribution in [-0.2, 0) is 19.8 Å². The third-order valence-electron chi connectivity index (χ3n) is 2.68. The van der Waals surface area contributed by atoms with Crippen molar-refractivity contribution in [1.29, 1.82) is 0 Å². The largest absolute Gasteiger partial charge is 0.435 e. The molecule has 102 valence electrons. The molecule has 19 heavy (non-hydrogen) atoms. The van der Waals surface area contributed by atoms with E-state index in [-0.39, 0.29) is 12.3 Å². The predicted molar refractivity (Wildman–Crippen MR) is 59.5 cm³/mol. The molecule has 0 atom stereocenters. The highest BCUT2D eigenvalue weighted by Gasteiger charge is 2.33. The SMILES string of the molecule is CC(=O)c1cnc(Cn2ccc(C(F)(F)F)n2)n1C. The number of halogens is 3. The molecule has 2 aromatic heterocycles. The Bertz CT molecular complexity index is 612. The topological polar surface area (TPSA) is 52.7 Å². The molecule has 2 rings (SSSR count). The molecular formula is C11H11F3N4O. The van der Waals surface area contributed by atoms with Crippen LogP contribution in [-0.4, -0.2) is 25.1 Å². The van der Waals surface area contributed by atoms with Gasteiger partial charge in [0, 0.05) is 20.2 Å². The van der Waals surface area contributed by atoms with E-state index in [1.165, 1.54) is 23.9 Å². The molecule has 0 spiro atoms. The third kappa shape index (κ3) is 2.67. The summed E-state index contributed by atoms with van der Waals surface area (Å²) in [5.41, 5.74) is -0.549. The number of carbonyl (C=O) groups excluding carboxylic acids is 1. The first-order valence-electron chi connectivity index (χ1n) is 5.41. The Kier molecular flexibility index (Phi) is 3.17. The lowest BCUT2D eigenvalue weighted by atomic mass is 10.3. The van der Waals surface area contributed by atoms with Gasteiger partial charge in [0.15, 0.2) is 11.5 Å². The van der Waals surface area contributed by atoms with Crippen molar-refractivity contribution in [3.05, 3.63) is 35.7 Å².